The molecule has 0 spiro atoms. The number of amides is 1. The average molecular weight is 323 g/mol. The molecule has 0 aromatic rings. The lowest BCUT2D eigenvalue weighted by atomic mass is 9.72. The van der Waals surface area contributed by atoms with Crippen LogP contribution in [-0.2, 0) is 4.79 Å². The topological polar surface area (TPSA) is 41.5 Å². The van der Waals surface area contributed by atoms with Crippen molar-refractivity contribution in [2.45, 2.75) is 105 Å². The van der Waals surface area contributed by atoms with Gasteiger partial charge in [-0.25, -0.2) is 5.43 Å². The lowest BCUT2D eigenvalue weighted by Crippen LogP contribution is -2.27. The van der Waals surface area contributed by atoms with Crippen LogP contribution in [0.5, 0.6) is 0 Å². The van der Waals surface area contributed by atoms with Crippen LogP contribution in [0.15, 0.2) is 5.10 Å². The van der Waals surface area contributed by atoms with Crippen molar-refractivity contribution in [3.63, 3.8) is 0 Å². The molecule has 1 amide bonds. The van der Waals surface area contributed by atoms with E-state index in [2.05, 4.69) is 38.2 Å². The Morgan fingerprint density at radius 1 is 1.04 bits per heavy atom. The number of nitrogens with zero attached hydrogens (tertiary/aromatic N) is 1. The Bertz CT molecular complexity index is 358. The molecule has 0 heterocycles. The predicted octanol–water partition coefficient (Wildman–Crippen LogP) is 5.84. The second kappa shape index (κ2) is 10.8. The number of carbonyl (C=O) groups is 1. The van der Waals surface area contributed by atoms with E-state index in [0.29, 0.717) is 11.8 Å². The summed E-state index contributed by atoms with van der Waals surface area (Å²) in [5.74, 6) is 0.869. The van der Waals surface area contributed by atoms with Gasteiger partial charge < -0.3 is 0 Å². The maximum Gasteiger partial charge on any atom is 0.240 e. The molecular formula is C20H38N2O. The van der Waals surface area contributed by atoms with Crippen molar-refractivity contribution in [1.82, 2.24) is 5.43 Å². The van der Waals surface area contributed by atoms with E-state index in [1.165, 1.54) is 57.1 Å². The molecule has 0 bridgehead atoms. The van der Waals surface area contributed by atoms with Crippen molar-refractivity contribution in [1.29, 1.82) is 0 Å². The maximum atomic E-state index is 11.8. The molecule has 3 nitrogen and oxygen atoms in total. The van der Waals surface area contributed by atoms with E-state index in [9.17, 15) is 4.79 Å². The molecule has 0 unspecified atom stereocenters. The van der Waals surface area contributed by atoms with Crippen molar-refractivity contribution in [2.24, 2.45) is 16.4 Å². The van der Waals surface area contributed by atoms with E-state index in [4.69, 9.17) is 0 Å². The van der Waals surface area contributed by atoms with Crippen LogP contribution in [0.3, 0.4) is 0 Å². The highest BCUT2D eigenvalue weighted by Crippen LogP contribution is 2.36. The molecule has 1 N–H and O–H groups in total. The summed E-state index contributed by atoms with van der Waals surface area (Å²) in [4.78, 5) is 11.8. The lowest BCUT2D eigenvalue weighted by molar-refractivity contribution is -0.121. The highest BCUT2D eigenvalue weighted by atomic mass is 16.2. The molecule has 3 heteroatoms. The first-order valence-electron chi connectivity index (χ1n) is 9.77. The van der Waals surface area contributed by atoms with Crippen LogP contribution >= 0.6 is 0 Å². The largest absolute Gasteiger partial charge is 0.273 e. The van der Waals surface area contributed by atoms with Gasteiger partial charge in [0.2, 0.25) is 5.91 Å². The van der Waals surface area contributed by atoms with Gasteiger partial charge in [-0.05, 0) is 43.4 Å². The quantitative estimate of drug-likeness (QED) is 0.421. The smallest absolute Gasteiger partial charge is 0.240 e. The fraction of sp³-hybridized carbons (Fsp3) is 0.900. The van der Waals surface area contributed by atoms with Gasteiger partial charge in [0, 0.05) is 12.1 Å². The number of rotatable bonds is 9. The molecule has 23 heavy (non-hydrogen) atoms. The van der Waals surface area contributed by atoms with E-state index in [1.807, 2.05) is 0 Å². The molecule has 1 rings (SSSR count). The van der Waals surface area contributed by atoms with Gasteiger partial charge in [-0.3, -0.25) is 4.79 Å². The molecule has 1 saturated carbocycles. The molecular weight excluding hydrogens is 284 g/mol. The monoisotopic (exact) mass is 322 g/mol. The van der Waals surface area contributed by atoms with Gasteiger partial charge in [-0.2, -0.15) is 5.10 Å². The Balaban J connectivity index is 2.09. The summed E-state index contributed by atoms with van der Waals surface area (Å²) in [6.45, 7) is 9.21. The van der Waals surface area contributed by atoms with Crippen molar-refractivity contribution < 1.29 is 4.79 Å². The van der Waals surface area contributed by atoms with Crippen molar-refractivity contribution in [2.75, 3.05) is 0 Å². The first-order valence-corrected chi connectivity index (χ1v) is 9.77. The van der Waals surface area contributed by atoms with Crippen LogP contribution < -0.4 is 5.43 Å². The summed E-state index contributed by atoms with van der Waals surface area (Å²) in [6.07, 6.45) is 13.8. The number of hydrogen-bond donors (Lipinski definition) is 1. The second-order valence-corrected chi connectivity index (χ2v) is 8.22. The molecule has 0 saturated heterocycles. The highest BCUT2D eigenvalue weighted by molar-refractivity contribution is 5.86. The number of carbonyl (C=O) groups excluding carboxylic acids is 1. The van der Waals surface area contributed by atoms with E-state index in [0.717, 1.165) is 25.2 Å². The summed E-state index contributed by atoms with van der Waals surface area (Å²) < 4.78 is 0. The van der Waals surface area contributed by atoms with Crippen molar-refractivity contribution in [3.8, 4) is 0 Å². The summed E-state index contributed by atoms with van der Waals surface area (Å²) in [5, 5.41) is 4.36. The number of unbranched alkanes of at least 4 members (excludes halogenated alkanes) is 6. The normalized spacial score (nSPS) is 18.8. The third-order valence-corrected chi connectivity index (χ3v) is 5.13. The summed E-state index contributed by atoms with van der Waals surface area (Å²) in [7, 11) is 0. The third kappa shape index (κ3) is 9.12. The number of hydrazone groups is 1. The Morgan fingerprint density at radius 3 is 2.17 bits per heavy atom. The Labute approximate surface area is 143 Å². The molecule has 1 aliphatic rings. The Morgan fingerprint density at radius 2 is 1.61 bits per heavy atom. The summed E-state index contributed by atoms with van der Waals surface area (Å²) in [6, 6.07) is 0. The summed E-state index contributed by atoms with van der Waals surface area (Å²) >= 11 is 0. The van der Waals surface area contributed by atoms with Gasteiger partial charge in [0.05, 0.1) is 0 Å². The predicted molar refractivity (Wildman–Crippen MR) is 99.6 cm³/mol. The van der Waals surface area contributed by atoms with E-state index in [1.54, 1.807) is 0 Å². The van der Waals surface area contributed by atoms with Crippen LogP contribution in [0.4, 0.5) is 0 Å². The maximum absolute atomic E-state index is 11.8. The zero-order chi connectivity index (χ0) is 17.1. The zero-order valence-electron chi connectivity index (χ0n) is 15.9. The fourth-order valence-electron chi connectivity index (χ4n) is 3.37. The van der Waals surface area contributed by atoms with E-state index >= 15 is 0 Å². The Hall–Kier alpha value is -0.860. The molecule has 0 atom stereocenters. The van der Waals surface area contributed by atoms with Crippen LogP contribution in [0.2, 0.25) is 0 Å². The van der Waals surface area contributed by atoms with Crippen molar-refractivity contribution in [3.05, 3.63) is 0 Å². The van der Waals surface area contributed by atoms with Crippen LogP contribution in [-0.4, -0.2) is 11.6 Å². The molecule has 0 aromatic heterocycles. The number of nitrogens with one attached hydrogen (secondary N) is 1. The number of hydrogen-bond acceptors (Lipinski definition) is 2. The van der Waals surface area contributed by atoms with Crippen molar-refractivity contribution >= 4 is 11.6 Å². The zero-order valence-corrected chi connectivity index (χ0v) is 15.9. The van der Waals surface area contributed by atoms with E-state index < -0.39 is 0 Å². The molecule has 0 radical (unpaired) electrons. The lowest BCUT2D eigenvalue weighted by Gasteiger charge is -2.34. The second-order valence-electron chi connectivity index (χ2n) is 8.22. The van der Waals surface area contributed by atoms with Crippen LogP contribution in [0.25, 0.3) is 0 Å². The van der Waals surface area contributed by atoms with Gasteiger partial charge in [0.1, 0.15) is 0 Å². The van der Waals surface area contributed by atoms with Gasteiger partial charge in [0.25, 0.3) is 0 Å². The molecule has 1 fully saturated rings. The molecule has 1 aliphatic carbocycles. The van der Waals surface area contributed by atoms with Gasteiger partial charge in [-0.15, -0.1) is 0 Å². The third-order valence-electron chi connectivity index (χ3n) is 5.13. The van der Waals surface area contributed by atoms with Gasteiger partial charge in [-0.1, -0.05) is 66.2 Å². The van der Waals surface area contributed by atoms with Gasteiger partial charge in [0.15, 0.2) is 0 Å². The standard InChI is InChI=1S/C20H38N2O/c1-5-6-7-8-9-10-11-12-19(23)22-21-18-15-13-17(14-16-18)20(2,3)4/h17H,5-16H2,1-4H3,(H,22,23). The minimum atomic E-state index is 0.0870. The fourth-order valence-corrected chi connectivity index (χ4v) is 3.37. The highest BCUT2D eigenvalue weighted by Gasteiger charge is 2.28. The first-order chi connectivity index (χ1) is 10.9. The van der Waals surface area contributed by atoms with Crippen LogP contribution in [0.1, 0.15) is 105 Å². The average Bonchev–Trinajstić information content (AvgIpc) is 2.51. The van der Waals surface area contributed by atoms with Gasteiger partial charge >= 0.3 is 0 Å². The SMILES string of the molecule is CCCCCCCCCC(=O)NN=C1CCC(C(C)(C)C)CC1. The van der Waals surface area contributed by atoms with Crippen LogP contribution in [0, 0.1) is 11.3 Å². The molecule has 134 valence electrons. The molecule has 0 aliphatic heterocycles. The first kappa shape index (κ1) is 20.2. The summed E-state index contributed by atoms with van der Waals surface area (Å²) in [5.41, 5.74) is 4.34. The minimum Gasteiger partial charge on any atom is -0.273 e. The molecule has 0 aromatic carbocycles. The minimum absolute atomic E-state index is 0.0870. The van der Waals surface area contributed by atoms with E-state index in [-0.39, 0.29) is 5.91 Å². The Kier molecular flexibility index (Phi) is 9.50.